The van der Waals surface area contributed by atoms with Gasteiger partial charge in [0.25, 0.3) is 0 Å². The van der Waals surface area contributed by atoms with Crippen LogP contribution in [0.15, 0.2) is 0 Å². The second-order valence-corrected chi connectivity index (χ2v) is 10.8. The van der Waals surface area contributed by atoms with Crippen LogP contribution in [0.3, 0.4) is 0 Å². The van der Waals surface area contributed by atoms with Crippen LogP contribution in [-0.4, -0.2) is 83.0 Å². The van der Waals surface area contributed by atoms with Gasteiger partial charge in [0.15, 0.2) is 16.3 Å². The van der Waals surface area contributed by atoms with Crippen LogP contribution < -0.4 is 0 Å². The second kappa shape index (κ2) is 7.80. The van der Waals surface area contributed by atoms with Crippen LogP contribution in [0.25, 0.3) is 0 Å². The molecule has 1 N–H and O–H groups in total. The molecular formula is C16H20F3O9S2-. The first-order valence-electron chi connectivity index (χ1n) is 8.99. The number of carbonyl (C=O) groups excluding carboxylic acids is 2. The summed E-state index contributed by atoms with van der Waals surface area (Å²) in [6.07, 6.45) is -5.83. The van der Waals surface area contributed by atoms with Gasteiger partial charge in [0.2, 0.25) is 0 Å². The summed E-state index contributed by atoms with van der Waals surface area (Å²) in [4.78, 5) is 23.9. The third-order valence-corrected chi connectivity index (χ3v) is 8.12. The number of hydrogen-bond acceptors (Lipinski definition) is 10. The molecule has 3 aliphatic rings. The predicted octanol–water partition coefficient (Wildman–Crippen LogP) is 0.207. The van der Waals surface area contributed by atoms with Crippen LogP contribution in [0.1, 0.15) is 20.3 Å². The van der Waals surface area contributed by atoms with Crippen molar-refractivity contribution in [2.45, 2.75) is 60.0 Å². The van der Waals surface area contributed by atoms with Crippen molar-refractivity contribution in [3.8, 4) is 0 Å². The van der Waals surface area contributed by atoms with Gasteiger partial charge in [-0.05, 0) is 13.8 Å². The van der Waals surface area contributed by atoms with E-state index in [1.165, 1.54) is 11.8 Å². The molecule has 0 aromatic carbocycles. The molecule has 7 unspecified atom stereocenters. The van der Waals surface area contributed by atoms with Crippen molar-refractivity contribution >= 4 is 33.8 Å². The van der Waals surface area contributed by atoms with E-state index in [-0.39, 0.29) is 10.5 Å². The molecule has 0 spiro atoms. The number of ether oxygens (including phenoxy) is 3. The normalized spacial score (nSPS) is 34.2. The fourth-order valence-corrected chi connectivity index (χ4v) is 6.83. The molecule has 3 fully saturated rings. The molecule has 0 aliphatic carbocycles. The number of aliphatic hydroxyl groups is 1. The van der Waals surface area contributed by atoms with Crippen molar-refractivity contribution in [2.24, 2.45) is 11.8 Å². The van der Waals surface area contributed by atoms with Gasteiger partial charge in [0, 0.05) is 17.6 Å². The molecule has 0 aromatic heterocycles. The van der Waals surface area contributed by atoms with E-state index in [0.29, 0.717) is 0 Å². The Morgan fingerprint density at radius 1 is 1.37 bits per heavy atom. The van der Waals surface area contributed by atoms with Crippen molar-refractivity contribution in [2.75, 3.05) is 13.2 Å². The quantitative estimate of drug-likeness (QED) is 0.362. The van der Waals surface area contributed by atoms with Gasteiger partial charge in [-0.2, -0.15) is 8.78 Å². The van der Waals surface area contributed by atoms with Gasteiger partial charge in [-0.25, -0.2) is 17.6 Å². The molecule has 0 aromatic rings. The summed E-state index contributed by atoms with van der Waals surface area (Å²) in [5.41, 5.74) is -1.20. The van der Waals surface area contributed by atoms with Gasteiger partial charge in [-0.1, -0.05) is 0 Å². The number of alkyl halides is 3. The molecule has 172 valence electrons. The summed E-state index contributed by atoms with van der Waals surface area (Å²) in [5.74, 6) is -2.41. The van der Waals surface area contributed by atoms with E-state index >= 15 is 0 Å². The first-order chi connectivity index (χ1) is 13.7. The van der Waals surface area contributed by atoms with Crippen molar-refractivity contribution in [3.05, 3.63) is 0 Å². The highest BCUT2D eigenvalue weighted by atomic mass is 32.2. The van der Waals surface area contributed by atoms with Crippen LogP contribution in [0.4, 0.5) is 13.2 Å². The van der Waals surface area contributed by atoms with Crippen LogP contribution in [0.2, 0.25) is 0 Å². The molecule has 7 atom stereocenters. The van der Waals surface area contributed by atoms with E-state index in [4.69, 9.17) is 9.47 Å². The van der Waals surface area contributed by atoms with Gasteiger partial charge in [-0.15, -0.1) is 11.8 Å². The lowest BCUT2D eigenvalue weighted by Gasteiger charge is -2.37. The molecule has 0 radical (unpaired) electrons. The summed E-state index contributed by atoms with van der Waals surface area (Å²) in [7, 11) is -6.19. The average Bonchev–Trinajstić information content (AvgIpc) is 3.20. The van der Waals surface area contributed by atoms with Crippen molar-refractivity contribution in [3.63, 3.8) is 0 Å². The Morgan fingerprint density at radius 3 is 2.57 bits per heavy atom. The van der Waals surface area contributed by atoms with Crippen LogP contribution in [0.5, 0.6) is 0 Å². The minimum absolute atomic E-state index is 0.219. The van der Waals surface area contributed by atoms with Gasteiger partial charge in [0.05, 0.1) is 23.4 Å². The second-order valence-electron chi connectivity index (χ2n) is 7.94. The van der Waals surface area contributed by atoms with Crippen molar-refractivity contribution < 1.29 is 55.0 Å². The van der Waals surface area contributed by atoms with Gasteiger partial charge in [-0.3, -0.25) is 4.79 Å². The number of hydrogen-bond donors (Lipinski definition) is 1. The van der Waals surface area contributed by atoms with Gasteiger partial charge in [0.1, 0.15) is 18.8 Å². The lowest BCUT2D eigenvalue weighted by molar-refractivity contribution is -0.156. The third-order valence-electron chi connectivity index (χ3n) is 5.45. The molecule has 9 nitrogen and oxygen atoms in total. The minimum Gasteiger partial charge on any atom is -0.743 e. The van der Waals surface area contributed by atoms with E-state index in [9.17, 15) is 40.8 Å². The Bertz CT molecular complexity index is 813. The van der Waals surface area contributed by atoms with Gasteiger partial charge < -0.3 is 23.9 Å². The highest BCUT2D eigenvalue weighted by molar-refractivity contribution is 8.01. The number of thioether (sulfide) groups is 1. The van der Waals surface area contributed by atoms with E-state index in [2.05, 4.69) is 4.74 Å². The fraction of sp³-hybridized carbons (Fsp3) is 0.875. The number of carbonyl (C=O) groups is 2. The average molecular weight is 477 g/mol. The molecule has 2 bridgehead atoms. The Labute approximate surface area is 174 Å². The van der Waals surface area contributed by atoms with Crippen LogP contribution in [0, 0.1) is 11.8 Å². The van der Waals surface area contributed by atoms with E-state index < -0.39 is 82.8 Å². The van der Waals surface area contributed by atoms with Crippen molar-refractivity contribution in [1.29, 1.82) is 0 Å². The third kappa shape index (κ3) is 4.04. The topological polar surface area (TPSA) is 139 Å². The fourth-order valence-electron chi connectivity index (χ4n) is 4.16. The monoisotopic (exact) mass is 477 g/mol. The van der Waals surface area contributed by atoms with Crippen LogP contribution >= 0.6 is 11.8 Å². The largest absolute Gasteiger partial charge is 0.743 e. The molecule has 14 heteroatoms. The molecule has 0 saturated carbocycles. The van der Waals surface area contributed by atoms with E-state index in [0.717, 1.165) is 0 Å². The zero-order chi connectivity index (χ0) is 22.6. The Morgan fingerprint density at radius 2 is 2.00 bits per heavy atom. The minimum atomic E-state index is -6.19. The maximum atomic E-state index is 13.3. The Hall–Kier alpha value is -1.09. The predicted molar refractivity (Wildman–Crippen MR) is 93.2 cm³/mol. The lowest BCUT2D eigenvalue weighted by Crippen LogP contribution is -2.51. The SMILES string of the molecule is CC(C)(O)C1C2SC3C(OC(=O)C31)C2OCC(=O)OCCC(F)C(F)(F)S(=O)(=O)[O-]. The summed E-state index contributed by atoms with van der Waals surface area (Å²) in [5, 5.41) is 4.76. The first-order valence-corrected chi connectivity index (χ1v) is 11.3. The zero-order valence-electron chi connectivity index (χ0n) is 15.8. The molecule has 3 aliphatic heterocycles. The number of halogens is 3. The highest BCUT2D eigenvalue weighted by Crippen LogP contribution is 2.61. The molecule has 0 amide bonds. The molecule has 3 heterocycles. The van der Waals surface area contributed by atoms with E-state index in [1.807, 2.05) is 0 Å². The zero-order valence-corrected chi connectivity index (χ0v) is 17.5. The maximum Gasteiger partial charge on any atom is 0.364 e. The highest BCUT2D eigenvalue weighted by Gasteiger charge is 2.70. The Kier molecular flexibility index (Phi) is 6.13. The molecular weight excluding hydrogens is 457 g/mol. The lowest BCUT2D eigenvalue weighted by atomic mass is 9.71. The number of rotatable bonds is 9. The summed E-state index contributed by atoms with van der Waals surface area (Å²) < 4.78 is 85.9. The molecule has 3 saturated heterocycles. The molecule has 3 rings (SSSR count). The number of fused-ring (bicyclic) bond motifs is 1. The van der Waals surface area contributed by atoms with Crippen LogP contribution in [-0.2, 0) is 33.9 Å². The van der Waals surface area contributed by atoms with Crippen molar-refractivity contribution in [1.82, 2.24) is 0 Å². The Balaban J connectivity index is 1.51. The standard InChI is InChI=1S/C16H21F3O9S2/c1-15(2,22)9-8-12-11(28-14(8)21)10(13(9)29-12)27-5-7(20)26-4-3-6(17)16(18,19)30(23,24)25/h6,8-13,22H,3-5H2,1-2H3,(H,23,24,25)/p-1. The smallest absolute Gasteiger partial charge is 0.364 e. The number of esters is 2. The summed E-state index contributed by atoms with van der Waals surface area (Å²) in [6, 6.07) is 0. The first kappa shape index (κ1) is 23.6. The van der Waals surface area contributed by atoms with E-state index in [1.54, 1.807) is 13.8 Å². The van der Waals surface area contributed by atoms with Gasteiger partial charge >= 0.3 is 17.2 Å². The summed E-state index contributed by atoms with van der Waals surface area (Å²) in [6.45, 7) is 1.58. The molecule has 30 heavy (non-hydrogen) atoms. The summed E-state index contributed by atoms with van der Waals surface area (Å²) >= 11 is 1.43. The maximum absolute atomic E-state index is 13.3.